The molecule has 0 radical (unpaired) electrons. The van der Waals surface area contributed by atoms with E-state index in [1.54, 1.807) is 0 Å². The Morgan fingerprint density at radius 2 is 1.80 bits per heavy atom. The minimum Gasteiger partial charge on any atom is -0.0721 e. The van der Waals surface area contributed by atoms with Crippen molar-refractivity contribution in [3.63, 3.8) is 0 Å². The maximum Gasteiger partial charge on any atom is 0.0870 e. The van der Waals surface area contributed by atoms with Crippen LogP contribution in [0.5, 0.6) is 0 Å². The summed E-state index contributed by atoms with van der Waals surface area (Å²) >= 11 is 7.37. The van der Waals surface area contributed by atoms with Crippen molar-refractivity contribution in [2.45, 2.75) is 36.8 Å². The van der Waals surface area contributed by atoms with Crippen molar-refractivity contribution >= 4 is 31.9 Å². The predicted molar refractivity (Wildman–Crippen MR) is 52.8 cm³/mol. The Hall–Kier alpha value is 0.960. The molecule has 0 aromatic carbocycles. The van der Waals surface area contributed by atoms with Gasteiger partial charge in [0.15, 0.2) is 0 Å². The molecule has 1 aliphatic rings. The number of halogens is 2. The predicted octanol–water partition coefficient (Wildman–Crippen LogP) is 3.93. The Balaban J connectivity index is 2.68. The van der Waals surface area contributed by atoms with Gasteiger partial charge in [0.1, 0.15) is 0 Å². The fourth-order valence-corrected chi connectivity index (χ4v) is 4.25. The molecule has 0 nitrogen and oxygen atoms in total. The molecule has 1 atom stereocenters. The Morgan fingerprint density at radius 1 is 1.40 bits per heavy atom. The van der Waals surface area contributed by atoms with Crippen molar-refractivity contribution < 1.29 is 0 Å². The molecule has 0 amide bonds. The molecule has 2 heteroatoms. The lowest BCUT2D eigenvalue weighted by Gasteiger charge is -2.20. The molecular formula is C8H14Br2. The van der Waals surface area contributed by atoms with E-state index in [-0.39, 0.29) is 3.23 Å². The first-order valence-electron chi connectivity index (χ1n) is 3.84. The van der Waals surface area contributed by atoms with Gasteiger partial charge >= 0.3 is 0 Å². The lowest BCUT2D eigenvalue weighted by molar-refractivity contribution is 0.347. The van der Waals surface area contributed by atoms with Crippen LogP contribution >= 0.6 is 31.9 Å². The SMILES string of the molecule is CCC1(C(C)C)CC1(Br)Br. The third-order valence-electron chi connectivity index (χ3n) is 2.88. The van der Waals surface area contributed by atoms with Crippen LogP contribution in [0.2, 0.25) is 0 Å². The fourth-order valence-electron chi connectivity index (χ4n) is 1.77. The summed E-state index contributed by atoms with van der Waals surface area (Å²) in [6.07, 6.45) is 2.54. The average molecular weight is 270 g/mol. The van der Waals surface area contributed by atoms with Crippen LogP contribution in [0, 0.1) is 11.3 Å². The summed E-state index contributed by atoms with van der Waals surface area (Å²) < 4.78 is 0.260. The van der Waals surface area contributed by atoms with Gasteiger partial charge in [-0.3, -0.25) is 0 Å². The first-order valence-corrected chi connectivity index (χ1v) is 5.43. The standard InChI is InChI=1S/C8H14Br2/c1-4-7(6(2)3)5-8(7,9)10/h6H,4-5H2,1-3H3. The molecule has 10 heavy (non-hydrogen) atoms. The van der Waals surface area contributed by atoms with Gasteiger partial charge in [0.2, 0.25) is 0 Å². The lowest BCUT2D eigenvalue weighted by Crippen LogP contribution is -2.14. The van der Waals surface area contributed by atoms with Crippen molar-refractivity contribution in [3.8, 4) is 0 Å². The summed E-state index contributed by atoms with van der Waals surface area (Å²) in [5.74, 6) is 0.774. The molecule has 60 valence electrons. The van der Waals surface area contributed by atoms with Crippen LogP contribution in [0.15, 0.2) is 0 Å². The second-order valence-electron chi connectivity index (χ2n) is 3.55. The Morgan fingerprint density at radius 3 is 1.80 bits per heavy atom. The van der Waals surface area contributed by atoms with E-state index >= 15 is 0 Å². The molecule has 1 unspecified atom stereocenters. The summed E-state index contributed by atoms with van der Waals surface area (Å²) in [6.45, 7) is 6.87. The van der Waals surface area contributed by atoms with Gasteiger partial charge in [-0.05, 0) is 24.2 Å². The monoisotopic (exact) mass is 268 g/mol. The van der Waals surface area contributed by atoms with Crippen LogP contribution in [0.4, 0.5) is 0 Å². The molecule has 1 saturated carbocycles. The zero-order valence-corrected chi connectivity index (χ0v) is 9.92. The number of rotatable bonds is 2. The summed E-state index contributed by atoms with van der Waals surface area (Å²) in [5.41, 5.74) is 0.521. The van der Waals surface area contributed by atoms with Gasteiger partial charge in [0, 0.05) is 0 Å². The van der Waals surface area contributed by atoms with E-state index in [9.17, 15) is 0 Å². The highest BCUT2D eigenvalue weighted by Crippen LogP contribution is 2.71. The zero-order valence-electron chi connectivity index (χ0n) is 6.75. The number of hydrogen-bond acceptors (Lipinski definition) is 0. The van der Waals surface area contributed by atoms with E-state index in [4.69, 9.17) is 0 Å². The molecule has 0 N–H and O–H groups in total. The molecule has 0 aromatic rings. The van der Waals surface area contributed by atoms with Crippen molar-refractivity contribution in [3.05, 3.63) is 0 Å². The van der Waals surface area contributed by atoms with Gasteiger partial charge < -0.3 is 0 Å². The highest BCUT2D eigenvalue weighted by molar-refractivity contribution is 9.25. The van der Waals surface area contributed by atoms with Gasteiger partial charge in [-0.15, -0.1) is 0 Å². The van der Waals surface area contributed by atoms with Crippen molar-refractivity contribution in [1.29, 1.82) is 0 Å². The van der Waals surface area contributed by atoms with E-state index < -0.39 is 0 Å². The van der Waals surface area contributed by atoms with E-state index in [0.717, 1.165) is 5.92 Å². The Kier molecular flexibility index (Phi) is 2.24. The molecule has 0 saturated heterocycles. The van der Waals surface area contributed by atoms with Crippen LogP contribution < -0.4 is 0 Å². The van der Waals surface area contributed by atoms with Crippen LogP contribution in [0.1, 0.15) is 33.6 Å². The Bertz CT molecular complexity index is 140. The van der Waals surface area contributed by atoms with Gasteiger partial charge in [0.25, 0.3) is 0 Å². The van der Waals surface area contributed by atoms with E-state index in [0.29, 0.717) is 5.41 Å². The molecule has 0 bridgehead atoms. The third-order valence-corrected chi connectivity index (χ3v) is 5.02. The third kappa shape index (κ3) is 1.08. The second kappa shape index (κ2) is 2.48. The summed E-state index contributed by atoms with van der Waals surface area (Å²) in [6, 6.07) is 0. The average Bonchev–Trinajstić information content (AvgIpc) is 2.35. The molecule has 0 aromatic heterocycles. The molecule has 0 heterocycles. The maximum atomic E-state index is 3.69. The Labute approximate surface area is 80.0 Å². The summed E-state index contributed by atoms with van der Waals surface area (Å²) in [5, 5.41) is 0. The van der Waals surface area contributed by atoms with Gasteiger partial charge in [-0.25, -0.2) is 0 Å². The molecule has 1 fully saturated rings. The van der Waals surface area contributed by atoms with Gasteiger partial charge in [-0.1, -0.05) is 52.6 Å². The van der Waals surface area contributed by atoms with Crippen molar-refractivity contribution in [2.75, 3.05) is 0 Å². The van der Waals surface area contributed by atoms with Crippen LogP contribution in [-0.2, 0) is 0 Å². The van der Waals surface area contributed by atoms with E-state index in [1.807, 2.05) is 0 Å². The summed E-state index contributed by atoms with van der Waals surface area (Å²) in [7, 11) is 0. The second-order valence-corrected chi connectivity index (χ2v) is 7.32. The smallest absolute Gasteiger partial charge is 0.0721 e. The fraction of sp³-hybridized carbons (Fsp3) is 1.00. The maximum absolute atomic E-state index is 3.69. The highest BCUT2D eigenvalue weighted by Gasteiger charge is 2.64. The van der Waals surface area contributed by atoms with E-state index in [1.165, 1.54) is 12.8 Å². The zero-order chi connectivity index (χ0) is 7.99. The quantitative estimate of drug-likeness (QED) is 0.667. The minimum atomic E-state index is 0.260. The van der Waals surface area contributed by atoms with Crippen LogP contribution in [0.3, 0.4) is 0 Å². The number of alkyl halides is 2. The van der Waals surface area contributed by atoms with Crippen LogP contribution in [0.25, 0.3) is 0 Å². The van der Waals surface area contributed by atoms with E-state index in [2.05, 4.69) is 52.6 Å². The highest BCUT2D eigenvalue weighted by atomic mass is 79.9. The lowest BCUT2D eigenvalue weighted by atomic mass is 9.90. The molecule has 1 aliphatic carbocycles. The van der Waals surface area contributed by atoms with Crippen molar-refractivity contribution in [1.82, 2.24) is 0 Å². The molecule has 0 aliphatic heterocycles. The van der Waals surface area contributed by atoms with Gasteiger partial charge in [-0.2, -0.15) is 0 Å². The largest absolute Gasteiger partial charge is 0.0870 e. The molecular weight excluding hydrogens is 256 g/mol. The van der Waals surface area contributed by atoms with Gasteiger partial charge in [0.05, 0.1) is 3.23 Å². The summed E-state index contributed by atoms with van der Waals surface area (Å²) in [4.78, 5) is 0. The topological polar surface area (TPSA) is 0 Å². The van der Waals surface area contributed by atoms with Crippen LogP contribution in [-0.4, -0.2) is 3.23 Å². The number of hydrogen-bond donors (Lipinski definition) is 0. The normalized spacial score (nSPS) is 36.6. The van der Waals surface area contributed by atoms with Crippen molar-refractivity contribution in [2.24, 2.45) is 11.3 Å². The minimum absolute atomic E-state index is 0.260. The molecule has 0 spiro atoms. The first-order chi connectivity index (χ1) is 4.46. The molecule has 1 rings (SSSR count). The first kappa shape index (κ1) is 9.05.